The number of nitrogens with one attached hydrogen (secondary N) is 1. The van der Waals surface area contributed by atoms with E-state index in [4.69, 9.17) is 16.3 Å². The number of methoxy groups -OCH3 is 1. The molecule has 0 bridgehead atoms. The number of carbonyl (C=O) groups is 2. The van der Waals surface area contributed by atoms with Crippen molar-refractivity contribution < 1.29 is 27.5 Å². The number of halogens is 4. The molecule has 2 aliphatic rings. The van der Waals surface area contributed by atoms with Crippen molar-refractivity contribution in [3.05, 3.63) is 88.4 Å². The Hall–Kier alpha value is -3.37. The molecule has 3 aromatic carbocycles. The first-order chi connectivity index (χ1) is 17.6. The number of carbonyl (C=O) groups excluding carboxylic acids is 2. The van der Waals surface area contributed by atoms with Gasteiger partial charge in [0.05, 0.1) is 24.9 Å². The first-order valence-corrected chi connectivity index (χ1v) is 12.6. The fourth-order valence-electron chi connectivity index (χ4n) is 4.66. The topological polar surface area (TPSA) is 61.9 Å². The Bertz CT molecular complexity index is 1390. The number of benzene rings is 3. The van der Waals surface area contributed by atoms with E-state index in [1.165, 1.54) is 34.7 Å². The predicted molar refractivity (Wildman–Crippen MR) is 137 cm³/mol. The number of ether oxygens (including phenoxy) is 1. The number of anilines is 2. The van der Waals surface area contributed by atoms with Gasteiger partial charge in [-0.25, -0.2) is 4.79 Å². The van der Waals surface area contributed by atoms with Crippen molar-refractivity contribution in [2.24, 2.45) is 0 Å². The minimum absolute atomic E-state index is 0.0891. The lowest BCUT2D eigenvalue weighted by atomic mass is 10.1. The van der Waals surface area contributed by atoms with Crippen molar-refractivity contribution in [2.75, 3.05) is 29.6 Å². The van der Waals surface area contributed by atoms with Gasteiger partial charge in [0.25, 0.3) is 5.91 Å². The van der Waals surface area contributed by atoms with E-state index in [9.17, 15) is 22.8 Å². The Balaban J connectivity index is 1.54. The number of rotatable bonds is 4. The van der Waals surface area contributed by atoms with Gasteiger partial charge in [-0.05, 0) is 54.1 Å². The molecule has 1 fully saturated rings. The molecule has 0 saturated carbocycles. The van der Waals surface area contributed by atoms with Crippen LogP contribution in [0, 0.1) is 0 Å². The molecule has 1 spiro atoms. The van der Waals surface area contributed by atoms with Crippen LogP contribution in [0.4, 0.5) is 29.3 Å². The van der Waals surface area contributed by atoms with Crippen LogP contribution in [0.5, 0.6) is 5.75 Å². The molecule has 6 nitrogen and oxygen atoms in total. The number of alkyl halides is 3. The second kappa shape index (κ2) is 9.50. The number of hydrogen-bond acceptors (Lipinski definition) is 4. The molecule has 1 unspecified atom stereocenters. The van der Waals surface area contributed by atoms with Crippen molar-refractivity contribution in [1.29, 1.82) is 0 Å². The van der Waals surface area contributed by atoms with Gasteiger partial charge >= 0.3 is 12.2 Å². The molecule has 1 saturated heterocycles. The Labute approximate surface area is 220 Å². The highest BCUT2D eigenvalue weighted by Gasteiger charge is 2.59. The third-order valence-corrected chi connectivity index (χ3v) is 7.97. The summed E-state index contributed by atoms with van der Waals surface area (Å²) in [6, 6.07) is 16.1. The average Bonchev–Trinajstić information content (AvgIpc) is 3.41. The summed E-state index contributed by atoms with van der Waals surface area (Å²) in [6.07, 6.45) is -4.51. The van der Waals surface area contributed by atoms with E-state index in [0.717, 1.165) is 12.1 Å². The number of fused-ring (bicyclic) bond motifs is 2. The minimum atomic E-state index is -4.51. The molecular weight excluding hydrogens is 527 g/mol. The van der Waals surface area contributed by atoms with Crippen LogP contribution in [-0.4, -0.2) is 36.2 Å². The van der Waals surface area contributed by atoms with Crippen molar-refractivity contribution >= 4 is 46.7 Å². The number of amides is 3. The quantitative estimate of drug-likeness (QED) is 0.413. The van der Waals surface area contributed by atoms with Crippen molar-refractivity contribution in [3.63, 3.8) is 0 Å². The largest absolute Gasteiger partial charge is 0.497 e. The van der Waals surface area contributed by atoms with Crippen LogP contribution in [0.3, 0.4) is 0 Å². The summed E-state index contributed by atoms with van der Waals surface area (Å²) < 4.78 is 45.3. The van der Waals surface area contributed by atoms with Crippen molar-refractivity contribution in [1.82, 2.24) is 4.90 Å². The minimum Gasteiger partial charge on any atom is -0.497 e. The first-order valence-electron chi connectivity index (χ1n) is 11.3. The Morgan fingerprint density at radius 2 is 1.92 bits per heavy atom. The number of hydrogen-bond donors (Lipinski definition) is 1. The summed E-state index contributed by atoms with van der Waals surface area (Å²) in [6.45, 7) is 0.199. The van der Waals surface area contributed by atoms with E-state index in [1.54, 1.807) is 48.5 Å². The van der Waals surface area contributed by atoms with Gasteiger partial charge in [-0.3, -0.25) is 9.69 Å². The standard InChI is InChI=1S/C26H21ClF3N3O3S/c1-36-20-8-9-22-21(14-20)25(23(34)32(22)15-16-4-2-5-17(12-16)26(28,29)30)33(10-11-37-25)24(35)31-19-7-3-6-18(27)13-19/h2-9,12-14H,10-11,15H2,1H3,(H,31,35). The highest BCUT2D eigenvalue weighted by Crippen LogP contribution is 2.55. The summed E-state index contributed by atoms with van der Waals surface area (Å²) in [5.41, 5.74) is 1.06. The van der Waals surface area contributed by atoms with Crippen molar-refractivity contribution in [3.8, 4) is 5.75 Å². The van der Waals surface area contributed by atoms with E-state index in [-0.39, 0.29) is 13.1 Å². The first kappa shape index (κ1) is 25.3. The number of urea groups is 1. The van der Waals surface area contributed by atoms with Crippen LogP contribution in [-0.2, 0) is 22.4 Å². The zero-order valence-corrected chi connectivity index (χ0v) is 21.1. The van der Waals surface area contributed by atoms with Crippen molar-refractivity contribution in [2.45, 2.75) is 17.6 Å². The maximum Gasteiger partial charge on any atom is 0.416 e. The molecule has 5 rings (SSSR count). The number of nitrogens with zero attached hydrogens (tertiary/aromatic N) is 2. The summed E-state index contributed by atoms with van der Waals surface area (Å²) in [5, 5.41) is 3.25. The molecule has 3 amide bonds. The van der Waals surface area contributed by atoms with Crippen LogP contribution in [0.15, 0.2) is 66.7 Å². The molecule has 0 aliphatic carbocycles. The highest BCUT2D eigenvalue weighted by molar-refractivity contribution is 8.01. The van der Waals surface area contributed by atoms with Gasteiger partial charge in [0, 0.05) is 28.6 Å². The summed E-state index contributed by atoms with van der Waals surface area (Å²) in [4.78, 5) is 29.0. The second-order valence-electron chi connectivity index (χ2n) is 8.56. The molecule has 1 atom stereocenters. The van der Waals surface area contributed by atoms with Gasteiger partial charge in [0.15, 0.2) is 4.87 Å². The van der Waals surface area contributed by atoms with Gasteiger partial charge in [-0.2, -0.15) is 13.2 Å². The van der Waals surface area contributed by atoms with Crippen LogP contribution in [0.2, 0.25) is 5.02 Å². The Morgan fingerprint density at radius 1 is 1.14 bits per heavy atom. The molecule has 2 heterocycles. The van der Waals surface area contributed by atoms with E-state index in [2.05, 4.69) is 5.32 Å². The summed E-state index contributed by atoms with van der Waals surface area (Å²) in [7, 11) is 1.50. The normalized spacial score (nSPS) is 18.9. The molecule has 1 N–H and O–H groups in total. The highest BCUT2D eigenvalue weighted by atomic mass is 35.5. The molecule has 2 aliphatic heterocycles. The van der Waals surface area contributed by atoms with Gasteiger partial charge in [0.2, 0.25) is 0 Å². The maximum absolute atomic E-state index is 14.1. The predicted octanol–water partition coefficient (Wildman–Crippen LogP) is 6.35. The smallest absolute Gasteiger partial charge is 0.416 e. The zero-order valence-electron chi connectivity index (χ0n) is 19.5. The molecule has 37 heavy (non-hydrogen) atoms. The van der Waals surface area contributed by atoms with E-state index in [1.807, 2.05) is 0 Å². The Morgan fingerprint density at radius 3 is 2.65 bits per heavy atom. The Kier molecular flexibility index (Phi) is 6.49. The van der Waals surface area contributed by atoms with Crippen LogP contribution >= 0.6 is 23.4 Å². The maximum atomic E-state index is 14.1. The fraction of sp³-hybridized carbons (Fsp3) is 0.231. The summed E-state index contributed by atoms with van der Waals surface area (Å²) >= 11 is 7.36. The van der Waals surface area contributed by atoms with Gasteiger partial charge in [0.1, 0.15) is 5.75 Å². The molecule has 0 aromatic heterocycles. The monoisotopic (exact) mass is 547 g/mol. The van der Waals surface area contributed by atoms with E-state index in [0.29, 0.717) is 39.0 Å². The lowest BCUT2D eigenvalue weighted by molar-refractivity contribution is -0.137. The third kappa shape index (κ3) is 4.48. The van der Waals surface area contributed by atoms with Crippen LogP contribution in [0.25, 0.3) is 0 Å². The van der Waals surface area contributed by atoms with Gasteiger partial charge in [-0.1, -0.05) is 29.8 Å². The lowest BCUT2D eigenvalue weighted by Gasteiger charge is -2.33. The number of thioether (sulfide) groups is 1. The summed E-state index contributed by atoms with van der Waals surface area (Å²) in [5.74, 6) is 0.578. The second-order valence-corrected chi connectivity index (χ2v) is 10.3. The molecule has 3 aromatic rings. The van der Waals surface area contributed by atoms with E-state index < -0.39 is 28.5 Å². The molecule has 0 radical (unpaired) electrons. The third-order valence-electron chi connectivity index (χ3n) is 6.32. The lowest BCUT2D eigenvalue weighted by Crippen LogP contribution is -2.51. The fourth-order valence-corrected chi connectivity index (χ4v) is 6.31. The average molecular weight is 548 g/mol. The van der Waals surface area contributed by atoms with Gasteiger partial charge in [-0.15, -0.1) is 11.8 Å². The van der Waals surface area contributed by atoms with E-state index >= 15 is 0 Å². The van der Waals surface area contributed by atoms with Gasteiger partial charge < -0.3 is 15.0 Å². The van der Waals surface area contributed by atoms with Crippen LogP contribution < -0.4 is 15.0 Å². The molecule has 192 valence electrons. The van der Waals surface area contributed by atoms with Crippen LogP contribution in [0.1, 0.15) is 16.7 Å². The SMILES string of the molecule is COc1ccc2c(c1)C1(SCCN1C(=O)Nc1cccc(Cl)c1)C(=O)N2Cc1cccc(C(F)(F)F)c1. The zero-order chi connectivity index (χ0) is 26.4. The molecule has 11 heteroatoms. The molecular formula is C26H21ClF3N3O3S.